The Morgan fingerprint density at radius 2 is 1.68 bits per heavy atom. The first-order valence-electron chi connectivity index (χ1n) is 7.88. The molecule has 0 bridgehead atoms. The van der Waals surface area contributed by atoms with Crippen molar-refractivity contribution in [3.05, 3.63) is 47.0 Å². The molecule has 1 aliphatic rings. The third kappa shape index (κ3) is 3.91. The Kier molecular flexibility index (Phi) is 4.61. The maximum absolute atomic E-state index is 12.2. The van der Waals surface area contributed by atoms with Gasteiger partial charge < -0.3 is 19.5 Å². The number of hydrogen-bond acceptors (Lipinski definition) is 5. The fourth-order valence-electron chi connectivity index (χ4n) is 2.69. The summed E-state index contributed by atoms with van der Waals surface area (Å²) in [7, 11) is 0. The second kappa shape index (κ2) is 6.84. The minimum atomic E-state index is -0.361. The van der Waals surface area contributed by atoms with Crippen LogP contribution in [0.2, 0.25) is 0 Å². The van der Waals surface area contributed by atoms with Crippen LogP contribution in [-0.2, 0) is 4.79 Å². The summed E-state index contributed by atoms with van der Waals surface area (Å²) in [6.45, 7) is 5.30. The molecular formula is C19H19NO5. The molecule has 0 atom stereocenters. The molecule has 130 valence electrons. The van der Waals surface area contributed by atoms with Crippen molar-refractivity contribution in [2.24, 2.45) is 0 Å². The van der Waals surface area contributed by atoms with Crippen LogP contribution < -0.4 is 19.5 Å². The average Bonchev–Trinajstić information content (AvgIpc) is 2.98. The summed E-state index contributed by atoms with van der Waals surface area (Å²) >= 11 is 0. The number of ether oxygens (including phenoxy) is 3. The predicted molar refractivity (Wildman–Crippen MR) is 92.6 cm³/mol. The second-order valence-electron chi connectivity index (χ2n) is 5.97. The summed E-state index contributed by atoms with van der Waals surface area (Å²) < 4.78 is 16.1. The third-order valence-corrected chi connectivity index (χ3v) is 3.73. The van der Waals surface area contributed by atoms with E-state index in [-0.39, 0.29) is 25.1 Å². The lowest BCUT2D eigenvalue weighted by molar-refractivity contribution is -0.118. The van der Waals surface area contributed by atoms with Gasteiger partial charge in [0.2, 0.25) is 6.79 Å². The number of aryl methyl sites for hydroxylation is 2. The second-order valence-corrected chi connectivity index (χ2v) is 5.97. The van der Waals surface area contributed by atoms with Gasteiger partial charge in [-0.2, -0.15) is 0 Å². The van der Waals surface area contributed by atoms with E-state index >= 15 is 0 Å². The summed E-state index contributed by atoms with van der Waals surface area (Å²) in [5, 5.41) is 2.70. The standard InChI is InChI=1S/C19H19NO5/c1-11-4-12(2)6-14(5-11)23-9-19(22)20-16-8-18-17(24-10-25-18)7-15(16)13(3)21/h4-8H,9-10H2,1-3H3,(H,20,22). The van der Waals surface area contributed by atoms with E-state index in [1.54, 1.807) is 12.1 Å². The first kappa shape index (κ1) is 16.8. The normalized spacial score (nSPS) is 12.0. The molecule has 6 heteroatoms. The van der Waals surface area contributed by atoms with Gasteiger partial charge in [-0.3, -0.25) is 9.59 Å². The Morgan fingerprint density at radius 1 is 1.04 bits per heavy atom. The number of hydrogen-bond donors (Lipinski definition) is 1. The number of carbonyl (C=O) groups is 2. The highest BCUT2D eigenvalue weighted by atomic mass is 16.7. The van der Waals surface area contributed by atoms with Gasteiger partial charge >= 0.3 is 0 Å². The van der Waals surface area contributed by atoms with Crippen LogP contribution in [0.1, 0.15) is 28.4 Å². The zero-order valence-corrected chi connectivity index (χ0v) is 14.3. The minimum absolute atomic E-state index is 0.0971. The van der Waals surface area contributed by atoms with Crippen LogP contribution in [0, 0.1) is 13.8 Å². The van der Waals surface area contributed by atoms with E-state index < -0.39 is 0 Å². The zero-order valence-electron chi connectivity index (χ0n) is 14.3. The summed E-state index contributed by atoms with van der Waals surface area (Å²) in [4.78, 5) is 24.0. The Hall–Kier alpha value is -3.02. The molecule has 0 saturated carbocycles. The van der Waals surface area contributed by atoms with E-state index in [0.717, 1.165) is 11.1 Å². The summed E-state index contributed by atoms with van der Waals surface area (Å²) in [5.74, 6) is 1.08. The highest BCUT2D eigenvalue weighted by Gasteiger charge is 2.20. The van der Waals surface area contributed by atoms with Gasteiger partial charge in [0.25, 0.3) is 5.91 Å². The molecule has 1 amide bonds. The van der Waals surface area contributed by atoms with Gasteiger partial charge in [-0.1, -0.05) is 6.07 Å². The number of carbonyl (C=O) groups excluding carboxylic acids is 2. The SMILES string of the molecule is CC(=O)c1cc2c(cc1NC(=O)COc1cc(C)cc(C)c1)OCO2. The highest BCUT2D eigenvalue weighted by molar-refractivity contribution is 6.04. The van der Waals surface area contributed by atoms with Crippen molar-refractivity contribution >= 4 is 17.4 Å². The molecule has 0 unspecified atom stereocenters. The molecule has 0 fully saturated rings. The fraction of sp³-hybridized carbons (Fsp3) is 0.263. The minimum Gasteiger partial charge on any atom is -0.484 e. The lowest BCUT2D eigenvalue weighted by atomic mass is 10.1. The number of fused-ring (bicyclic) bond motifs is 1. The van der Waals surface area contributed by atoms with E-state index in [4.69, 9.17) is 14.2 Å². The number of benzene rings is 2. The first-order chi connectivity index (χ1) is 11.9. The van der Waals surface area contributed by atoms with Gasteiger partial charge in [0.15, 0.2) is 23.9 Å². The van der Waals surface area contributed by atoms with E-state index in [0.29, 0.717) is 28.5 Å². The Morgan fingerprint density at radius 3 is 2.32 bits per heavy atom. The fourth-order valence-corrected chi connectivity index (χ4v) is 2.69. The van der Waals surface area contributed by atoms with Crippen molar-refractivity contribution in [3.63, 3.8) is 0 Å². The van der Waals surface area contributed by atoms with Gasteiger partial charge in [-0.25, -0.2) is 0 Å². The molecule has 0 aliphatic carbocycles. The Balaban J connectivity index is 1.71. The molecule has 0 spiro atoms. The van der Waals surface area contributed by atoms with Gasteiger partial charge in [-0.15, -0.1) is 0 Å². The molecule has 6 nitrogen and oxygen atoms in total. The molecule has 1 heterocycles. The van der Waals surface area contributed by atoms with Crippen LogP contribution >= 0.6 is 0 Å². The van der Waals surface area contributed by atoms with Gasteiger partial charge in [0, 0.05) is 11.6 Å². The predicted octanol–water partition coefficient (Wildman–Crippen LogP) is 3.25. The summed E-state index contributed by atoms with van der Waals surface area (Å²) in [6.07, 6.45) is 0. The van der Waals surface area contributed by atoms with Crippen molar-refractivity contribution in [1.29, 1.82) is 0 Å². The zero-order chi connectivity index (χ0) is 18.0. The lowest BCUT2D eigenvalue weighted by Crippen LogP contribution is -2.21. The van der Waals surface area contributed by atoms with Gasteiger partial charge in [0.1, 0.15) is 5.75 Å². The number of nitrogens with one attached hydrogen (secondary N) is 1. The largest absolute Gasteiger partial charge is 0.484 e. The lowest BCUT2D eigenvalue weighted by Gasteiger charge is -2.12. The maximum Gasteiger partial charge on any atom is 0.262 e. The maximum atomic E-state index is 12.2. The smallest absolute Gasteiger partial charge is 0.262 e. The quantitative estimate of drug-likeness (QED) is 0.845. The van der Waals surface area contributed by atoms with Crippen LogP contribution in [0.3, 0.4) is 0 Å². The molecule has 0 aromatic heterocycles. The van der Waals surface area contributed by atoms with Crippen molar-refractivity contribution in [2.45, 2.75) is 20.8 Å². The third-order valence-electron chi connectivity index (χ3n) is 3.73. The van der Waals surface area contributed by atoms with Crippen molar-refractivity contribution in [1.82, 2.24) is 0 Å². The van der Waals surface area contributed by atoms with Crippen molar-refractivity contribution < 1.29 is 23.8 Å². The van der Waals surface area contributed by atoms with Crippen LogP contribution in [-0.4, -0.2) is 25.1 Å². The molecule has 25 heavy (non-hydrogen) atoms. The number of rotatable bonds is 5. The first-order valence-corrected chi connectivity index (χ1v) is 7.88. The molecule has 0 radical (unpaired) electrons. The average molecular weight is 341 g/mol. The monoisotopic (exact) mass is 341 g/mol. The van der Waals surface area contributed by atoms with E-state index in [1.165, 1.54) is 6.92 Å². The van der Waals surface area contributed by atoms with Crippen molar-refractivity contribution in [3.8, 4) is 17.2 Å². The summed E-state index contributed by atoms with van der Waals surface area (Å²) in [6, 6.07) is 8.92. The number of anilines is 1. The molecule has 3 rings (SSSR count). The van der Waals surface area contributed by atoms with E-state index in [2.05, 4.69) is 5.32 Å². The van der Waals surface area contributed by atoms with Gasteiger partial charge in [-0.05, 0) is 50.1 Å². The van der Waals surface area contributed by atoms with Crippen LogP contribution in [0.15, 0.2) is 30.3 Å². The molecule has 0 saturated heterocycles. The molecular weight excluding hydrogens is 322 g/mol. The number of Topliss-reactive ketones (excluding diaryl/α,β-unsaturated/α-hetero) is 1. The molecule has 2 aromatic rings. The number of ketones is 1. The topological polar surface area (TPSA) is 73.9 Å². The molecule has 2 aromatic carbocycles. The molecule has 1 aliphatic heterocycles. The van der Waals surface area contributed by atoms with E-state index in [9.17, 15) is 9.59 Å². The van der Waals surface area contributed by atoms with Crippen molar-refractivity contribution in [2.75, 3.05) is 18.7 Å². The summed E-state index contributed by atoms with van der Waals surface area (Å²) in [5.41, 5.74) is 2.87. The Labute approximate surface area is 145 Å². The van der Waals surface area contributed by atoms with Crippen LogP contribution in [0.5, 0.6) is 17.2 Å². The highest BCUT2D eigenvalue weighted by Crippen LogP contribution is 2.37. The van der Waals surface area contributed by atoms with Gasteiger partial charge in [0.05, 0.1) is 5.69 Å². The van der Waals surface area contributed by atoms with Crippen LogP contribution in [0.4, 0.5) is 5.69 Å². The number of amides is 1. The molecule has 1 N–H and O–H groups in total. The Bertz CT molecular complexity index is 824. The van der Waals surface area contributed by atoms with E-state index in [1.807, 2.05) is 32.0 Å². The van der Waals surface area contributed by atoms with Crippen LogP contribution in [0.25, 0.3) is 0 Å².